The van der Waals surface area contributed by atoms with E-state index >= 15 is 0 Å². The average Bonchev–Trinajstić information content (AvgIpc) is 3.18. The van der Waals surface area contributed by atoms with Gasteiger partial charge in [-0.25, -0.2) is 0 Å². The van der Waals surface area contributed by atoms with Crippen molar-refractivity contribution in [1.82, 2.24) is 19.6 Å². The van der Waals surface area contributed by atoms with Crippen molar-refractivity contribution < 1.29 is 9.59 Å². The Kier molecular flexibility index (Phi) is 5.82. The number of carbonyl (C=O) groups is 2. The molecule has 0 bridgehead atoms. The van der Waals surface area contributed by atoms with Gasteiger partial charge in [0.25, 0.3) is 0 Å². The summed E-state index contributed by atoms with van der Waals surface area (Å²) < 4.78 is 1.79. The number of amides is 2. The van der Waals surface area contributed by atoms with E-state index in [0.717, 1.165) is 18.7 Å². The summed E-state index contributed by atoms with van der Waals surface area (Å²) in [7, 11) is 5.71. The molecule has 7 nitrogen and oxygen atoms in total. The Morgan fingerprint density at radius 1 is 1.41 bits per heavy atom. The maximum absolute atomic E-state index is 12.9. The van der Waals surface area contributed by atoms with Crippen LogP contribution in [0.2, 0.25) is 5.02 Å². The van der Waals surface area contributed by atoms with Crippen molar-refractivity contribution in [2.45, 2.75) is 19.0 Å². The molecule has 2 aromatic rings. The third-order valence-electron chi connectivity index (χ3n) is 4.79. The highest BCUT2D eigenvalue weighted by molar-refractivity contribution is 6.30. The maximum atomic E-state index is 12.9. The molecule has 1 saturated heterocycles. The lowest BCUT2D eigenvalue weighted by Gasteiger charge is -2.25. The number of nitrogens with one attached hydrogen (secondary N) is 1. The third kappa shape index (κ3) is 4.48. The summed E-state index contributed by atoms with van der Waals surface area (Å²) in [6, 6.07) is 6.98. The van der Waals surface area contributed by atoms with Crippen LogP contribution in [0.1, 0.15) is 18.0 Å². The number of aromatic nitrogens is 2. The van der Waals surface area contributed by atoms with Crippen molar-refractivity contribution in [2.75, 3.05) is 33.0 Å². The van der Waals surface area contributed by atoms with E-state index in [1.54, 1.807) is 41.2 Å². The molecule has 8 heteroatoms. The van der Waals surface area contributed by atoms with Crippen LogP contribution < -0.4 is 5.32 Å². The molecule has 2 heterocycles. The molecule has 1 N–H and O–H groups in total. The van der Waals surface area contributed by atoms with E-state index in [2.05, 4.69) is 15.3 Å². The molecule has 1 fully saturated rings. The molecule has 144 valence electrons. The summed E-state index contributed by atoms with van der Waals surface area (Å²) >= 11 is 6.10. The van der Waals surface area contributed by atoms with Crippen molar-refractivity contribution in [3.8, 4) is 0 Å². The zero-order valence-corrected chi connectivity index (χ0v) is 16.5. The summed E-state index contributed by atoms with van der Waals surface area (Å²) in [6.45, 7) is 1.59. The second kappa shape index (κ2) is 8.10. The van der Waals surface area contributed by atoms with E-state index in [4.69, 9.17) is 11.6 Å². The highest BCUT2D eigenvalue weighted by Crippen LogP contribution is 2.38. The lowest BCUT2D eigenvalue weighted by atomic mass is 9.93. The molecule has 2 atom stereocenters. The summed E-state index contributed by atoms with van der Waals surface area (Å²) in [5.41, 5.74) is 1.49. The van der Waals surface area contributed by atoms with Crippen LogP contribution in [0.4, 0.5) is 5.69 Å². The number of carbonyl (C=O) groups excluding carboxylic acids is 2. The highest BCUT2D eigenvalue weighted by atomic mass is 35.5. The summed E-state index contributed by atoms with van der Waals surface area (Å²) in [5, 5.41) is 7.75. The van der Waals surface area contributed by atoms with Gasteiger partial charge in [-0.15, -0.1) is 0 Å². The fourth-order valence-electron chi connectivity index (χ4n) is 3.34. The molecule has 1 aliphatic rings. The standard InChI is InChI=1S/C19H24ClN5O2/c1-23(2)7-8-25-12-15(11-21-25)22-19(27)16-10-17(26)24(3)18(16)13-5-4-6-14(20)9-13/h4-6,9,11-12,16,18H,7-8,10H2,1-3H3,(H,22,27). The average molecular weight is 390 g/mol. The van der Waals surface area contributed by atoms with Crippen molar-refractivity contribution in [1.29, 1.82) is 0 Å². The number of benzene rings is 1. The summed E-state index contributed by atoms with van der Waals surface area (Å²) in [4.78, 5) is 28.8. The van der Waals surface area contributed by atoms with E-state index < -0.39 is 5.92 Å². The molecule has 3 rings (SSSR count). The molecule has 2 amide bonds. The Bertz CT molecular complexity index is 835. The first-order valence-electron chi connectivity index (χ1n) is 8.84. The Hall–Kier alpha value is -2.38. The van der Waals surface area contributed by atoms with E-state index in [9.17, 15) is 9.59 Å². The van der Waals surface area contributed by atoms with Gasteiger partial charge in [0.15, 0.2) is 0 Å². The van der Waals surface area contributed by atoms with Crippen LogP contribution in [0.3, 0.4) is 0 Å². The molecule has 2 unspecified atom stereocenters. The monoisotopic (exact) mass is 389 g/mol. The fourth-order valence-corrected chi connectivity index (χ4v) is 3.54. The number of rotatable bonds is 6. The van der Waals surface area contributed by atoms with Crippen molar-refractivity contribution in [3.05, 3.63) is 47.2 Å². The maximum Gasteiger partial charge on any atom is 0.230 e. The van der Waals surface area contributed by atoms with Crippen LogP contribution in [0.15, 0.2) is 36.7 Å². The number of anilines is 1. The Balaban J connectivity index is 1.73. The van der Waals surface area contributed by atoms with Gasteiger partial charge in [0.1, 0.15) is 0 Å². The second-order valence-electron chi connectivity index (χ2n) is 7.10. The smallest absolute Gasteiger partial charge is 0.230 e. The van der Waals surface area contributed by atoms with Gasteiger partial charge in [0, 0.05) is 31.2 Å². The van der Waals surface area contributed by atoms with Crippen LogP contribution in [-0.4, -0.2) is 59.1 Å². The number of nitrogens with zero attached hydrogens (tertiary/aromatic N) is 4. The van der Waals surface area contributed by atoms with Gasteiger partial charge >= 0.3 is 0 Å². The lowest BCUT2D eigenvalue weighted by molar-refractivity contribution is -0.127. The molecule has 27 heavy (non-hydrogen) atoms. The minimum Gasteiger partial charge on any atom is -0.338 e. The molecular weight excluding hydrogens is 366 g/mol. The van der Waals surface area contributed by atoms with Crippen LogP contribution >= 0.6 is 11.6 Å². The Morgan fingerprint density at radius 2 is 2.19 bits per heavy atom. The van der Waals surface area contributed by atoms with Crippen LogP contribution in [0.25, 0.3) is 0 Å². The van der Waals surface area contributed by atoms with E-state index in [0.29, 0.717) is 10.7 Å². The van der Waals surface area contributed by atoms with Crippen LogP contribution in [-0.2, 0) is 16.1 Å². The van der Waals surface area contributed by atoms with Gasteiger partial charge in [-0.3, -0.25) is 14.3 Å². The summed E-state index contributed by atoms with van der Waals surface area (Å²) in [5.74, 6) is -0.724. The number of hydrogen-bond donors (Lipinski definition) is 1. The molecule has 0 aliphatic carbocycles. The fraction of sp³-hybridized carbons (Fsp3) is 0.421. The zero-order chi connectivity index (χ0) is 19.6. The molecular formula is C19H24ClN5O2. The third-order valence-corrected chi connectivity index (χ3v) is 5.03. The van der Waals surface area contributed by atoms with E-state index in [-0.39, 0.29) is 24.3 Å². The highest BCUT2D eigenvalue weighted by Gasteiger charge is 2.42. The molecule has 0 radical (unpaired) electrons. The minimum absolute atomic E-state index is 0.0539. The second-order valence-corrected chi connectivity index (χ2v) is 7.54. The van der Waals surface area contributed by atoms with Gasteiger partial charge in [-0.1, -0.05) is 23.7 Å². The predicted octanol–water partition coefficient (Wildman–Crippen LogP) is 2.26. The van der Waals surface area contributed by atoms with Crippen molar-refractivity contribution in [3.63, 3.8) is 0 Å². The normalized spacial score (nSPS) is 19.7. The first-order chi connectivity index (χ1) is 12.8. The van der Waals surface area contributed by atoms with Gasteiger partial charge < -0.3 is 15.1 Å². The van der Waals surface area contributed by atoms with E-state index in [1.807, 2.05) is 26.2 Å². The van der Waals surface area contributed by atoms with Crippen LogP contribution in [0, 0.1) is 5.92 Å². The molecule has 1 aliphatic heterocycles. The molecule has 0 saturated carbocycles. The Morgan fingerprint density at radius 3 is 2.89 bits per heavy atom. The summed E-state index contributed by atoms with van der Waals surface area (Å²) in [6.07, 6.45) is 3.60. The topological polar surface area (TPSA) is 70.5 Å². The van der Waals surface area contributed by atoms with Gasteiger partial charge in [0.2, 0.25) is 11.8 Å². The number of likely N-dealkylation sites (tertiary alicyclic amines) is 1. The lowest BCUT2D eigenvalue weighted by Crippen LogP contribution is -2.30. The first-order valence-corrected chi connectivity index (χ1v) is 9.22. The number of halogens is 1. The molecule has 1 aromatic heterocycles. The SMILES string of the molecule is CN(C)CCn1cc(NC(=O)C2CC(=O)N(C)C2c2cccc(Cl)c2)cn1. The first kappa shape index (κ1) is 19.4. The number of hydrogen-bond acceptors (Lipinski definition) is 4. The van der Waals surface area contributed by atoms with Crippen molar-refractivity contribution in [2.24, 2.45) is 5.92 Å². The zero-order valence-electron chi connectivity index (χ0n) is 15.7. The van der Waals surface area contributed by atoms with Gasteiger partial charge in [0.05, 0.1) is 30.4 Å². The molecule has 0 spiro atoms. The van der Waals surface area contributed by atoms with Crippen LogP contribution in [0.5, 0.6) is 0 Å². The number of likely N-dealkylation sites (N-methyl/N-ethyl adjacent to an activating group) is 1. The van der Waals surface area contributed by atoms with Crippen molar-refractivity contribution >= 4 is 29.1 Å². The van der Waals surface area contributed by atoms with Gasteiger partial charge in [-0.05, 0) is 31.8 Å². The minimum atomic E-state index is -0.480. The Labute approximate surface area is 163 Å². The molecule has 1 aromatic carbocycles. The largest absolute Gasteiger partial charge is 0.338 e. The predicted molar refractivity (Wildman–Crippen MR) is 104 cm³/mol. The van der Waals surface area contributed by atoms with Gasteiger partial charge in [-0.2, -0.15) is 5.10 Å². The quantitative estimate of drug-likeness (QED) is 0.822. The van der Waals surface area contributed by atoms with E-state index in [1.165, 1.54) is 0 Å².